The van der Waals surface area contributed by atoms with Crippen molar-refractivity contribution in [2.75, 3.05) is 18.9 Å². The second-order valence-corrected chi connectivity index (χ2v) is 4.91. The zero-order chi connectivity index (χ0) is 13.8. The first kappa shape index (κ1) is 14.5. The third-order valence-corrected chi connectivity index (χ3v) is 3.59. The maximum atomic E-state index is 12.1. The number of amides is 2. The number of aryl methyl sites for hydroxylation is 1. The number of hydrogen-bond acceptors (Lipinski definition) is 2. The molecule has 1 atom stereocenters. The van der Waals surface area contributed by atoms with Gasteiger partial charge in [-0.3, -0.25) is 0 Å². The number of nitrogens with zero attached hydrogens (tertiary/aromatic N) is 1. The number of hydrogen-bond donors (Lipinski definition) is 2. The fraction of sp³-hybridized carbons (Fsp3) is 0.500. The third-order valence-electron chi connectivity index (χ3n) is 3.59. The van der Waals surface area contributed by atoms with Crippen LogP contribution in [-0.4, -0.2) is 30.1 Å². The molecule has 100 valence electrons. The van der Waals surface area contributed by atoms with Crippen molar-refractivity contribution in [2.45, 2.75) is 32.7 Å². The van der Waals surface area contributed by atoms with Gasteiger partial charge in [0.2, 0.25) is 0 Å². The van der Waals surface area contributed by atoms with Crippen LogP contribution in [0.15, 0.2) is 24.3 Å². The lowest BCUT2D eigenvalue weighted by Gasteiger charge is -2.37. The number of likely N-dealkylation sites (N-methyl/N-ethyl adjacent to an activating group) is 1. The average molecular weight is 249 g/mol. The molecule has 0 saturated heterocycles. The Hall–Kier alpha value is -1.55. The van der Waals surface area contributed by atoms with Crippen molar-refractivity contribution in [2.24, 2.45) is 5.73 Å². The zero-order valence-electron chi connectivity index (χ0n) is 11.7. The minimum atomic E-state index is -0.312. The van der Waals surface area contributed by atoms with Gasteiger partial charge in [0.1, 0.15) is 0 Å². The van der Waals surface area contributed by atoms with Gasteiger partial charge in [-0.2, -0.15) is 0 Å². The number of carbonyl (C=O) groups is 1. The molecule has 1 unspecified atom stereocenters. The SMILES string of the molecule is CCC(C)(CN)N(C)C(=O)Nc1cccc(C)c1. The van der Waals surface area contributed by atoms with E-state index in [1.165, 1.54) is 0 Å². The minimum Gasteiger partial charge on any atom is -0.328 e. The molecule has 0 radical (unpaired) electrons. The molecule has 0 aromatic heterocycles. The van der Waals surface area contributed by atoms with Gasteiger partial charge in [-0.25, -0.2) is 4.79 Å². The average Bonchev–Trinajstić information content (AvgIpc) is 2.37. The lowest BCUT2D eigenvalue weighted by molar-refractivity contribution is 0.158. The fourth-order valence-electron chi connectivity index (χ4n) is 1.69. The van der Waals surface area contributed by atoms with Gasteiger partial charge < -0.3 is 16.0 Å². The molecule has 0 spiro atoms. The molecule has 0 bridgehead atoms. The van der Waals surface area contributed by atoms with Crippen LogP contribution in [0.1, 0.15) is 25.8 Å². The largest absolute Gasteiger partial charge is 0.328 e. The summed E-state index contributed by atoms with van der Waals surface area (Å²) in [5.74, 6) is 0. The van der Waals surface area contributed by atoms with Crippen molar-refractivity contribution in [1.29, 1.82) is 0 Å². The quantitative estimate of drug-likeness (QED) is 0.861. The van der Waals surface area contributed by atoms with Crippen molar-refractivity contribution in [1.82, 2.24) is 4.90 Å². The summed E-state index contributed by atoms with van der Waals surface area (Å²) in [6.45, 7) is 6.46. The number of rotatable bonds is 4. The topological polar surface area (TPSA) is 58.4 Å². The highest BCUT2D eigenvalue weighted by Gasteiger charge is 2.29. The minimum absolute atomic E-state index is 0.129. The van der Waals surface area contributed by atoms with E-state index >= 15 is 0 Å². The molecular formula is C14H23N3O. The molecule has 1 aromatic carbocycles. The van der Waals surface area contributed by atoms with E-state index in [4.69, 9.17) is 5.73 Å². The summed E-state index contributed by atoms with van der Waals surface area (Å²) < 4.78 is 0. The summed E-state index contributed by atoms with van der Waals surface area (Å²) in [6, 6.07) is 7.61. The summed E-state index contributed by atoms with van der Waals surface area (Å²) in [5, 5.41) is 2.89. The normalized spacial score (nSPS) is 13.8. The molecule has 0 saturated carbocycles. The van der Waals surface area contributed by atoms with E-state index in [2.05, 4.69) is 5.32 Å². The van der Waals surface area contributed by atoms with Gasteiger partial charge in [0.05, 0.1) is 5.54 Å². The van der Waals surface area contributed by atoms with Crippen LogP contribution >= 0.6 is 0 Å². The summed E-state index contributed by atoms with van der Waals surface area (Å²) in [6.07, 6.45) is 0.821. The van der Waals surface area contributed by atoms with Crippen molar-refractivity contribution in [3.63, 3.8) is 0 Å². The molecule has 18 heavy (non-hydrogen) atoms. The van der Waals surface area contributed by atoms with Crippen LogP contribution in [-0.2, 0) is 0 Å². The highest BCUT2D eigenvalue weighted by atomic mass is 16.2. The monoisotopic (exact) mass is 249 g/mol. The number of anilines is 1. The van der Waals surface area contributed by atoms with Crippen LogP contribution in [0.2, 0.25) is 0 Å². The standard InChI is InChI=1S/C14H23N3O/c1-5-14(3,10-15)17(4)13(18)16-12-8-6-7-11(2)9-12/h6-9H,5,10,15H2,1-4H3,(H,16,18). The van der Waals surface area contributed by atoms with Gasteiger partial charge in [-0.1, -0.05) is 19.1 Å². The molecule has 1 aromatic rings. The first-order valence-corrected chi connectivity index (χ1v) is 6.24. The molecule has 4 heteroatoms. The van der Waals surface area contributed by atoms with Crippen LogP contribution in [0.3, 0.4) is 0 Å². The first-order chi connectivity index (χ1) is 8.42. The fourth-order valence-corrected chi connectivity index (χ4v) is 1.69. The van der Waals surface area contributed by atoms with Gasteiger partial charge in [-0.15, -0.1) is 0 Å². The van der Waals surface area contributed by atoms with E-state index < -0.39 is 0 Å². The highest BCUT2D eigenvalue weighted by Crippen LogP contribution is 2.18. The zero-order valence-corrected chi connectivity index (χ0v) is 11.7. The van der Waals surface area contributed by atoms with Crippen LogP contribution in [0.4, 0.5) is 10.5 Å². The van der Waals surface area contributed by atoms with Gasteiger partial charge in [0, 0.05) is 19.3 Å². The van der Waals surface area contributed by atoms with Gasteiger partial charge >= 0.3 is 6.03 Å². The molecule has 4 nitrogen and oxygen atoms in total. The molecule has 3 N–H and O–H groups in total. The van der Waals surface area contributed by atoms with E-state index in [9.17, 15) is 4.79 Å². The maximum absolute atomic E-state index is 12.1. The Morgan fingerprint density at radius 2 is 2.17 bits per heavy atom. The summed E-state index contributed by atoms with van der Waals surface area (Å²) in [4.78, 5) is 13.8. The van der Waals surface area contributed by atoms with E-state index in [0.29, 0.717) is 6.54 Å². The summed E-state index contributed by atoms with van der Waals surface area (Å²) >= 11 is 0. The Kier molecular flexibility index (Phi) is 4.73. The second kappa shape index (κ2) is 5.87. The Labute approximate surface area is 109 Å². The molecule has 1 rings (SSSR count). The number of urea groups is 1. The molecule has 0 fully saturated rings. The molecular weight excluding hydrogens is 226 g/mol. The predicted octanol–water partition coefficient (Wildman–Crippen LogP) is 2.59. The molecule has 0 heterocycles. The molecule has 2 amide bonds. The number of carbonyl (C=O) groups excluding carboxylic acids is 1. The first-order valence-electron chi connectivity index (χ1n) is 6.24. The second-order valence-electron chi connectivity index (χ2n) is 4.91. The molecule has 0 aliphatic carbocycles. The van der Waals surface area contributed by atoms with E-state index in [-0.39, 0.29) is 11.6 Å². The Balaban J connectivity index is 2.77. The van der Waals surface area contributed by atoms with Crippen molar-refractivity contribution in [3.05, 3.63) is 29.8 Å². The van der Waals surface area contributed by atoms with E-state index in [0.717, 1.165) is 17.7 Å². The Morgan fingerprint density at radius 3 is 2.67 bits per heavy atom. The van der Waals surface area contributed by atoms with Gasteiger partial charge in [-0.05, 0) is 38.0 Å². The molecule has 0 aliphatic rings. The number of nitrogens with two attached hydrogens (primary N) is 1. The predicted molar refractivity (Wildman–Crippen MR) is 75.7 cm³/mol. The van der Waals surface area contributed by atoms with Crippen molar-refractivity contribution >= 4 is 11.7 Å². The molecule has 0 aliphatic heterocycles. The Bertz CT molecular complexity index is 413. The summed E-state index contributed by atoms with van der Waals surface area (Å²) in [7, 11) is 1.78. The van der Waals surface area contributed by atoms with Crippen molar-refractivity contribution in [3.8, 4) is 0 Å². The third kappa shape index (κ3) is 3.23. The van der Waals surface area contributed by atoms with E-state index in [1.54, 1.807) is 11.9 Å². The van der Waals surface area contributed by atoms with Crippen LogP contribution < -0.4 is 11.1 Å². The highest BCUT2D eigenvalue weighted by molar-refractivity contribution is 5.89. The van der Waals surface area contributed by atoms with Gasteiger partial charge in [0.15, 0.2) is 0 Å². The smallest absolute Gasteiger partial charge is 0.322 e. The van der Waals surface area contributed by atoms with Crippen molar-refractivity contribution < 1.29 is 4.79 Å². The number of benzene rings is 1. The number of nitrogens with one attached hydrogen (secondary N) is 1. The van der Waals surface area contributed by atoms with Crippen LogP contribution in [0.25, 0.3) is 0 Å². The van der Waals surface area contributed by atoms with Gasteiger partial charge in [0.25, 0.3) is 0 Å². The summed E-state index contributed by atoms with van der Waals surface area (Å²) in [5.41, 5.74) is 7.37. The lowest BCUT2D eigenvalue weighted by atomic mass is 9.97. The Morgan fingerprint density at radius 1 is 1.50 bits per heavy atom. The van der Waals surface area contributed by atoms with Crippen LogP contribution in [0.5, 0.6) is 0 Å². The lowest BCUT2D eigenvalue weighted by Crippen LogP contribution is -2.53. The van der Waals surface area contributed by atoms with E-state index in [1.807, 2.05) is 45.0 Å². The van der Waals surface area contributed by atoms with Crippen LogP contribution in [0, 0.1) is 6.92 Å². The maximum Gasteiger partial charge on any atom is 0.322 e.